The minimum Gasteiger partial charge on any atom is -0.492 e. The van der Waals surface area contributed by atoms with Gasteiger partial charge in [0, 0.05) is 18.2 Å². The highest BCUT2D eigenvalue weighted by atomic mass is 127. The minimum atomic E-state index is -0.317. The summed E-state index contributed by atoms with van der Waals surface area (Å²) in [4.78, 5) is 8.97. The van der Waals surface area contributed by atoms with Gasteiger partial charge in [-0.3, -0.25) is 0 Å². The number of rotatable bonds is 8. The maximum atomic E-state index is 13.1. The first-order valence-electron chi connectivity index (χ1n) is 9.15. The summed E-state index contributed by atoms with van der Waals surface area (Å²) in [5.41, 5.74) is 1.67. The molecule has 6 nitrogen and oxygen atoms in total. The molecule has 0 radical (unpaired) electrons. The molecule has 8 heteroatoms. The van der Waals surface area contributed by atoms with Gasteiger partial charge in [-0.1, -0.05) is 24.3 Å². The van der Waals surface area contributed by atoms with Crippen LogP contribution < -0.4 is 15.4 Å². The number of benzene rings is 2. The van der Waals surface area contributed by atoms with E-state index in [-0.39, 0.29) is 29.8 Å². The fraction of sp³-hybridized carbons (Fsp3) is 0.238. The number of hydrogen-bond acceptors (Lipinski definition) is 4. The van der Waals surface area contributed by atoms with Crippen LogP contribution in [-0.2, 0) is 6.54 Å². The van der Waals surface area contributed by atoms with Crippen LogP contribution in [-0.4, -0.2) is 30.6 Å². The van der Waals surface area contributed by atoms with Crippen molar-refractivity contribution in [1.29, 1.82) is 0 Å². The third-order valence-electron chi connectivity index (χ3n) is 3.78. The quantitative estimate of drug-likeness (QED) is 0.206. The number of ether oxygens (including phenoxy) is 1. The number of halogens is 2. The maximum absolute atomic E-state index is 13.1. The summed E-state index contributed by atoms with van der Waals surface area (Å²) in [7, 11) is 0. The molecular weight excluding hydrogens is 486 g/mol. The molecule has 0 fully saturated rings. The van der Waals surface area contributed by atoms with Crippen molar-refractivity contribution in [3.05, 3.63) is 72.4 Å². The largest absolute Gasteiger partial charge is 0.492 e. The number of hydrogen-bond donors (Lipinski definition) is 2. The molecule has 1 aromatic heterocycles. The summed E-state index contributed by atoms with van der Waals surface area (Å²) in [5, 5.41) is 6.34. The lowest BCUT2D eigenvalue weighted by molar-refractivity contribution is 0.320. The number of aromatic nitrogens is 1. The van der Waals surface area contributed by atoms with Crippen LogP contribution in [0.2, 0.25) is 0 Å². The molecule has 0 bridgehead atoms. The van der Waals surface area contributed by atoms with Gasteiger partial charge in [-0.2, -0.15) is 0 Å². The molecule has 0 saturated heterocycles. The minimum absolute atomic E-state index is 0. The third-order valence-corrected chi connectivity index (χ3v) is 3.78. The highest BCUT2D eigenvalue weighted by molar-refractivity contribution is 14.0. The summed E-state index contributed by atoms with van der Waals surface area (Å²) in [6.45, 7) is 4.01. The van der Waals surface area contributed by atoms with E-state index in [0.29, 0.717) is 37.3 Å². The average Bonchev–Trinajstić information content (AvgIpc) is 3.19. The van der Waals surface area contributed by atoms with Crippen molar-refractivity contribution in [3.8, 4) is 17.2 Å². The van der Waals surface area contributed by atoms with Gasteiger partial charge in [-0.25, -0.2) is 14.4 Å². The fourth-order valence-electron chi connectivity index (χ4n) is 2.49. The lowest BCUT2D eigenvalue weighted by Gasteiger charge is -2.11. The Morgan fingerprint density at radius 1 is 1.14 bits per heavy atom. The molecule has 3 rings (SSSR count). The number of nitrogens with one attached hydrogen (secondary N) is 2. The van der Waals surface area contributed by atoms with E-state index in [9.17, 15) is 4.39 Å². The van der Waals surface area contributed by atoms with Gasteiger partial charge in [0.05, 0.1) is 13.1 Å². The Labute approximate surface area is 186 Å². The molecule has 1 heterocycles. The van der Waals surface area contributed by atoms with Crippen molar-refractivity contribution in [3.63, 3.8) is 0 Å². The predicted octanol–water partition coefficient (Wildman–Crippen LogP) is 4.23. The summed E-state index contributed by atoms with van der Waals surface area (Å²) in [6, 6.07) is 15.8. The highest BCUT2D eigenvalue weighted by Crippen LogP contribution is 2.18. The second-order valence-electron chi connectivity index (χ2n) is 5.94. The molecule has 0 atom stereocenters. The Kier molecular flexibility index (Phi) is 9.42. The average molecular weight is 510 g/mol. The number of guanidine groups is 1. The molecule has 2 N–H and O–H groups in total. The van der Waals surface area contributed by atoms with Gasteiger partial charge >= 0.3 is 0 Å². The lowest BCUT2D eigenvalue weighted by atomic mass is 10.2. The van der Waals surface area contributed by atoms with E-state index in [4.69, 9.17) is 9.15 Å². The second-order valence-corrected chi connectivity index (χ2v) is 5.94. The SMILES string of the molecule is CCNC(=NCc1coc(-c2ccccc2)n1)NCCOc1cccc(F)c1.I. The van der Waals surface area contributed by atoms with Crippen molar-refractivity contribution < 1.29 is 13.5 Å². The molecule has 0 amide bonds. The zero-order valence-corrected chi connectivity index (χ0v) is 18.4. The van der Waals surface area contributed by atoms with Crippen molar-refractivity contribution in [2.24, 2.45) is 4.99 Å². The standard InChI is InChI=1S/C21H23FN4O2.HI/c1-2-23-21(24-11-12-27-19-10-6-9-17(22)13-19)25-14-18-15-28-20(26-18)16-7-4-3-5-8-16;/h3-10,13,15H,2,11-12,14H2,1H3,(H2,23,24,25);1H. The van der Waals surface area contributed by atoms with Crippen LogP contribution in [0.15, 0.2) is 70.3 Å². The van der Waals surface area contributed by atoms with E-state index in [2.05, 4.69) is 20.6 Å². The second kappa shape index (κ2) is 12.1. The predicted molar refractivity (Wildman–Crippen MR) is 122 cm³/mol. The molecule has 0 unspecified atom stereocenters. The molecule has 0 saturated carbocycles. The number of nitrogens with zero attached hydrogens (tertiary/aromatic N) is 2. The van der Waals surface area contributed by atoms with E-state index >= 15 is 0 Å². The van der Waals surface area contributed by atoms with Crippen molar-refractivity contribution in [2.75, 3.05) is 19.7 Å². The summed E-state index contributed by atoms with van der Waals surface area (Å²) < 4.78 is 24.2. The monoisotopic (exact) mass is 510 g/mol. The molecule has 0 aliphatic carbocycles. The topological polar surface area (TPSA) is 71.7 Å². The summed E-state index contributed by atoms with van der Waals surface area (Å²) in [6.07, 6.45) is 1.61. The first kappa shape index (κ1) is 22.7. The van der Waals surface area contributed by atoms with Gasteiger partial charge < -0.3 is 19.8 Å². The first-order valence-corrected chi connectivity index (χ1v) is 9.15. The van der Waals surface area contributed by atoms with Crippen LogP contribution in [0.5, 0.6) is 5.75 Å². The van der Waals surface area contributed by atoms with E-state index in [0.717, 1.165) is 17.8 Å². The first-order chi connectivity index (χ1) is 13.7. The van der Waals surface area contributed by atoms with E-state index in [1.165, 1.54) is 12.1 Å². The van der Waals surface area contributed by atoms with E-state index in [1.807, 2.05) is 37.3 Å². The van der Waals surface area contributed by atoms with E-state index in [1.54, 1.807) is 18.4 Å². The Morgan fingerprint density at radius 3 is 2.72 bits per heavy atom. The number of oxazole rings is 1. The van der Waals surface area contributed by atoms with Gasteiger partial charge in [0.1, 0.15) is 30.1 Å². The van der Waals surface area contributed by atoms with Crippen LogP contribution in [0.1, 0.15) is 12.6 Å². The normalized spacial score (nSPS) is 10.9. The Bertz CT molecular complexity index is 902. The molecule has 154 valence electrons. The third kappa shape index (κ3) is 7.37. The van der Waals surface area contributed by atoms with Gasteiger partial charge in [-0.05, 0) is 31.2 Å². The Morgan fingerprint density at radius 2 is 1.97 bits per heavy atom. The van der Waals surface area contributed by atoms with Gasteiger partial charge in [-0.15, -0.1) is 24.0 Å². The van der Waals surface area contributed by atoms with Crippen LogP contribution in [0, 0.1) is 5.82 Å². The zero-order chi connectivity index (χ0) is 19.6. The van der Waals surface area contributed by atoms with Gasteiger partial charge in [0.25, 0.3) is 0 Å². The van der Waals surface area contributed by atoms with E-state index < -0.39 is 0 Å². The van der Waals surface area contributed by atoms with Crippen LogP contribution in [0.4, 0.5) is 4.39 Å². The summed E-state index contributed by atoms with van der Waals surface area (Å²) >= 11 is 0. The molecule has 0 aliphatic rings. The maximum Gasteiger partial charge on any atom is 0.226 e. The van der Waals surface area contributed by atoms with Crippen LogP contribution >= 0.6 is 24.0 Å². The molecule has 3 aromatic rings. The highest BCUT2D eigenvalue weighted by Gasteiger charge is 2.06. The molecule has 2 aromatic carbocycles. The molecule has 0 aliphatic heterocycles. The number of aliphatic imine (C=N–C) groups is 1. The summed E-state index contributed by atoms with van der Waals surface area (Å²) in [5.74, 6) is 1.41. The molecule has 29 heavy (non-hydrogen) atoms. The smallest absolute Gasteiger partial charge is 0.226 e. The Hall–Kier alpha value is -2.62. The fourth-order valence-corrected chi connectivity index (χ4v) is 2.49. The Balaban J connectivity index is 0.00000300. The molecule has 0 spiro atoms. The van der Waals surface area contributed by atoms with Crippen LogP contribution in [0.25, 0.3) is 11.5 Å². The van der Waals surface area contributed by atoms with Crippen molar-refractivity contribution in [2.45, 2.75) is 13.5 Å². The van der Waals surface area contributed by atoms with Crippen LogP contribution in [0.3, 0.4) is 0 Å². The van der Waals surface area contributed by atoms with Crippen molar-refractivity contribution >= 4 is 29.9 Å². The zero-order valence-electron chi connectivity index (χ0n) is 16.1. The molecular formula is C21H24FIN4O2. The lowest BCUT2D eigenvalue weighted by Crippen LogP contribution is -2.39. The van der Waals surface area contributed by atoms with Gasteiger partial charge in [0.15, 0.2) is 5.96 Å². The van der Waals surface area contributed by atoms with Gasteiger partial charge in [0.2, 0.25) is 5.89 Å². The van der Waals surface area contributed by atoms with Crippen molar-refractivity contribution in [1.82, 2.24) is 15.6 Å².